The van der Waals surface area contributed by atoms with E-state index in [9.17, 15) is 8.42 Å². The molecule has 1 aliphatic heterocycles. The van der Waals surface area contributed by atoms with Gasteiger partial charge < -0.3 is 10.3 Å². The lowest BCUT2D eigenvalue weighted by atomic mass is 10.1. The van der Waals surface area contributed by atoms with E-state index in [0.29, 0.717) is 34.5 Å². The van der Waals surface area contributed by atoms with Crippen molar-refractivity contribution in [2.75, 3.05) is 17.2 Å². The van der Waals surface area contributed by atoms with E-state index in [4.69, 9.17) is 28.9 Å². The van der Waals surface area contributed by atoms with Gasteiger partial charge in [0.05, 0.1) is 32.6 Å². The highest BCUT2D eigenvalue weighted by Crippen LogP contribution is 2.30. The van der Waals surface area contributed by atoms with Crippen molar-refractivity contribution in [3.8, 4) is 0 Å². The van der Waals surface area contributed by atoms with Crippen molar-refractivity contribution in [3.63, 3.8) is 0 Å². The summed E-state index contributed by atoms with van der Waals surface area (Å²) in [5.74, 6) is 0.862. The standard InChI is InChI=1S/C12H13Cl2N3O2S/c13-8-3-10-11(4-9(8)14)17(12(15)16-10)5-7-1-2-20(18,19)6-7/h3-4,7H,1-2,5-6H2,(H2,15,16). The molecule has 2 N–H and O–H groups in total. The minimum Gasteiger partial charge on any atom is -0.369 e. The molecule has 108 valence electrons. The van der Waals surface area contributed by atoms with Gasteiger partial charge in [-0.1, -0.05) is 23.2 Å². The van der Waals surface area contributed by atoms with Gasteiger partial charge in [0.15, 0.2) is 9.84 Å². The van der Waals surface area contributed by atoms with Crippen LogP contribution in [0.2, 0.25) is 10.0 Å². The Labute approximate surface area is 126 Å². The Morgan fingerprint density at radius 3 is 2.70 bits per heavy atom. The van der Waals surface area contributed by atoms with Crippen LogP contribution in [-0.2, 0) is 16.4 Å². The van der Waals surface area contributed by atoms with Crippen LogP contribution in [0.4, 0.5) is 5.95 Å². The van der Waals surface area contributed by atoms with Gasteiger partial charge in [-0.2, -0.15) is 0 Å². The third-order valence-electron chi connectivity index (χ3n) is 3.59. The molecule has 0 spiro atoms. The highest BCUT2D eigenvalue weighted by Gasteiger charge is 2.29. The second-order valence-corrected chi connectivity index (χ2v) is 8.15. The molecule has 1 aliphatic rings. The largest absolute Gasteiger partial charge is 0.369 e. The first kappa shape index (κ1) is 14.0. The van der Waals surface area contributed by atoms with Crippen molar-refractivity contribution in [1.82, 2.24) is 9.55 Å². The van der Waals surface area contributed by atoms with E-state index >= 15 is 0 Å². The molecule has 1 aromatic carbocycles. The molecular weight excluding hydrogens is 321 g/mol. The van der Waals surface area contributed by atoms with E-state index < -0.39 is 9.84 Å². The molecule has 0 saturated carbocycles. The van der Waals surface area contributed by atoms with Gasteiger partial charge in [0.1, 0.15) is 0 Å². The Hall–Kier alpha value is -0.980. The Kier molecular flexibility index (Phi) is 3.35. The van der Waals surface area contributed by atoms with E-state index in [0.717, 1.165) is 5.52 Å². The molecule has 0 bridgehead atoms. The number of rotatable bonds is 2. The van der Waals surface area contributed by atoms with Crippen LogP contribution in [0, 0.1) is 5.92 Å². The molecule has 8 heteroatoms. The predicted octanol–water partition coefficient (Wildman–Crippen LogP) is 2.36. The first-order chi connectivity index (χ1) is 9.35. The summed E-state index contributed by atoms with van der Waals surface area (Å²) in [5.41, 5.74) is 7.36. The zero-order chi connectivity index (χ0) is 14.5. The maximum absolute atomic E-state index is 11.5. The van der Waals surface area contributed by atoms with E-state index in [-0.39, 0.29) is 17.4 Å². The molecule has 1 saturated heterocycles. The van der Waals surface area contributed by atoms with Gasteiger partial charge >= 0.3 is 0 Å². The zero-order valence-corrected chi connectivity index (χ0v) is 12.8. The second kappa shape index (κ2) is 4.79. The summed E-state index contributed by atoms with van der Waals surface area (Å²) in [7, 11) is -2.90. The second-order valence-electron chi connectivity index (χ2n) is 5.10. The normalized spacial score (nSPS) is 21.6. The predicted molar refractivity (Wildman–Crippen MR) is 80.9 cm³/mol. The zero-order valence-electron chi connectivity index (χ0n) is 10.5. The molecule has 1 fully saturated rings. The van der Waals surface area contributed by atoms with Gasteiger partial charge in [-0.05, 0) is 24.5 Å². The van der Waals surface area contributed by atoms with Crippen LogP contribution >= 0.6 is 23.2 Å². The minimum absolute atomic E-state index is 0.0640. The number of sulfone groups is 1. The third kappa shape index (κ3) is 2.47. The van der Waals surface area contributed by atoms with Gasteiger partial charge in [-0.3, -0.25) is 0 Å². The molecule has 5 nitrogen and oxygen atoms in total. The summed E-state index contributed by atoms with van der Waals surface area (Å²) in [5, 5.41) is 0.853. The fourth-order valence-electron chi connectivity index (χ4n) is 2.60. The number of nitrogens with zero attached hydrogens (tertiary/aromatic N) is 2. The molecule has 0 amide bonds. The maximum Gasteiger partial charge on any atom is 0.201 e. The van der Waals surface area contributed by atoms with Crippen LogP contribution in [0.25, 0.3) is 11.0 Å². The molecule has 1 aromatic heterocycles. The monoisotopic (exact) mass is 333 g/mol. The fraction of sp³-hybridized carbons (Fsp3) is 0.417. The fourth-order valence-corrected chi connectivity index (χ4v) is 4.77. The van der Waals surface area contributed by atoms with Crippen molar-refractivity contribution in [2.45, 2.75) is 13.0 Å². The van der Waals surface area contributed by atoms with Crippen molar-refractivity contribution >= 4 is 50.0 Å². The molecule has 0 radical (unpaired) electrons. The number of anilines is 1. The van der Waals surface area contributed by atoms with Gasteiger partial charge in [0.2, 0.25) is 5.95 Å². The number of nitrogens with two attached hydrogens (primary N) is 1. The van der Waals surface area contributed by atoms with Gasteiger partial charge in [0.25, 0.3) is 0 Å². The summed E-state index contributed by atoms with van der Waals surface area (Å²) < 4.78 is 24.9. The number of hydrogen-bond acceptors (Lipinski definition) is 4. The van der Waals surface area contributed by atoms with Crippen LogP contribution in [-0.4, -0.2) is 29.5 Å². The Morgan fingerprint density at radius 1 is 1.35 bits per heavy atom. The summed E-state index contributed by atoms with van der Waals surface area (Å²) >= 11 is 12.0. The minimum atomic E-state index is -2.90. The maximum atomic E-state index is 11.5. The smallest absolute Gasteiger partial charge is 0.201 e. The lowest BCUT2D eigenvalue weighted by Crippen LogP contribution is -2.14. The number of halogens is 2. The van der Waals surface area contributed by atoms with Crippen LogP contribution in [0.3, 0.4) is 0 Å². The van der Waals surface area contributed by atoms with Gasteiger partial charge in [-0.25, -0.2) is 13.4 Å². The average Bonchev–Trinajstić information content (AvgIpc) is 2.83. The molecule has 0 aliphatic carbocycles. The molecule has 20 heavy (non-hydrogen) atoms. The number of fused-ring (bicyclic) bond motifs is 1. The number of hydrogen-bond donors (Lipinski definition) is 1. The average molecular weight is 334 g/mol. The lowest BCUT2D eigenvalue weighted by Gasteiger charge is -2.11. The van der Waals surface area contributed by atoms with E-state index in [1.807, 2.05) is 4.57 Å². The summed E-state index contributed by atoms with van der Waals surface area (Å²) in [4.78, 5) is 4.24. The number of aromatic nitrogens is 2. The van der Waals surface area contributed by atoms with Crippen LogP contribution in [0.15, 0.2) is 12.1 Å². The summed E-state index contributed by atoms with van der Waals surface area (Å²) in [6, 6.07) is 3.38. The van der Waals surface area contributed by atoms with Crippen LogP contribution < -0.4 is 5.73 Å². The SMILES string of the molecule is Nc1nc2cc(Cl)c(Cl)cc2n1CC1CCS(=O)(=O)C1. The third-order valence-corrected chi connectivity index (χ3v) is 6.15. The van der Waals surface area contributed by atoms with E-state index in [1.165, 1.54) is 0 Å². The van der Waals surface area contributed by atoms with Crippen molar-refractivity contribution in [2.24, 2.45) is 5.92 Å². The molecular formula is C12H13Cl2N3O2S. The Balaban J connectivity index is 1.99. The highest BCUT2D eigenvalue weighted by atomic mass is 35.5. The van der Waals surface area contributed by atoms with E-state index in [1.54, 1.807) is 12.1 Å². The van der Waals surface area contributed by atoms with Crippen molar-refractivity contribution in [1.29, 1.82) is 0 Å². The molecule has 2 heterocycles. The number of nitrogen functional groups attached to an aromatic ring is 1. The molecule has 1 unspecified atom stereocenters. The van der Waals surface area contributed by atoms with Crippen molar-refractivity contribution in [3.05, 3.63) is 22.2 Å². The van der Waals surface area contributed by atoms with Gasteiger partial charge in [0, 0.05) is 6.54 Å². The highest BCUT2D eigenvalue weighted by molar-refractivity contribution is 7.91. The first-order valence-electron chi connectivity index (χ1n) is 6.17. The number of benzene rings is 1. The summed E-state index contributed by atoms with van der Waals surface area (Å²) in [6.45, 7) is 0.527. The summed E-state index contributed by atoms with van der Waals surface area (Å²) in [6.07, 6.45) is 0.656. The van der Waals surface area contributed by atoms with Crippen molar-refractivity contribution < 1.29 is 8.42 Å². The first-order valence-corrected chi connectivity index (χ1v) is 8.74. The Morgan fingerprint density at radius 2 is 2.05 bits per heavy atom. The quantitative estimate of drug-likeness (QED) is 0.914. The Bertz CT molecular complexity index is 786. The molecule has 3 rings (SSSR count). The lowest BCUT2D eigenvalue weighted by molar-refractivity contribution is 0.503. The number of imidazole rings is 1. The van der Waals surface area contributed by atoms with Crippen LogP contribution in [0.1, 0.15) is 6.42 Å². The molecule has 1 atom stereocenters. The topological polar surface area (TPSA) is 78.0 Å². The van der Waals surface area contributed by atoms with Gasteiger partial charge in [-0.15, -0.1) is 0 Å². The van der Waals surface area contributed by atoms with Crippen LogP contribution in [0.5, 0.6) is 0 Å². The van der Waals surface area contributed by atoms with E-state index in [2.05, 4.69) is 4.98 Å². The molecule has 2 aromatic rings.